The molecule has 0 aromatic heterocycles. The molecule has 2 aliphatic rings. The minimum Gasteiger partial charge on any atom is -0.460 e. The molecule has 0 saturated heterocycles. The molecule has 4 aromatic carbocycles. The summed E-state index contributed by atoms with van der Waals surface area (Å²) in [7, 11) is -21.4. The van der Waals surface area contributed by atoms with E-state index in [1.54, 1.807) is 24.3 Å². The quantitative estimate of drug-likeness (QED) is 0.0429. The molecule has 69 heavy (non-hydrogen) atoms. The van der Waals surface area contributed by atoms with Crippen molar-refractivity contribution in [2.75, 3.05) is 5.32 Å². The van der Waals surface area contributed by atoms with Crippen LogP contribution in [-0.2, 0) is 48.7 Å². The molecule has 0 unspecified atom stereocenters. The number of sulfonamides is 2. The number of carbonyl (C=O) groups excluding carboxylic acids is 2. The first-order chi connectivity index (χ1) is 31.8. The monoisotopic (exact) mass is 1020 g/mol. The van der Waals surface area contributed by atoms with Crippen LogP contribution in [0.4, 0.5) is 43.4 Å². The van der Waals surface area contributed by atoms with Gasteiger partial charge in [-0.05, 0) is 83.9 Å². The molecule has 0 radical (unpaired) electrons. The lowest BCUT2D eigenvalue weighted by Crippen LogP contribution is -2.71. The third-order valence-electron chi connectivity index (χ3n) is 10.4. The fourth-order valence-corrected chi connectivity index (χ4v) is 10.9. The van der Waals surface area contributed by atoms with E-state index in [1.165, 1.54) is 39.0 Å². The Morgan fingerprint density at radius 3 is 1.87 bits per heavy atom. The van der Waals surface area contributed by atoms with E-state index in [4.69, 9.17) is 9.15 Å². The van der Waals surface area contributed by atoms with E-state index in [2.05, 4.69) is 18.6 Å². The largest absolute Gasteiger partial charge is 0.460 e. The minimum atomic E-state index is -7.73. The van der Waals surface area contributed by atoms with E-state index in [0.29, 0.717) is 17.1 Å². The average Bonchev–Trinajstić information content (AvgIpc) is 3.23. The molecule has 1 aliphatic carbocycles. The standard InChI is InChI=1S/C46H42F6N3O11S3/c1-26-12-10-13-27(2)41(26)53-30-18-20-32-35(24-30)64-36-25-31(54-42-28(3)14-11-15-29(42)4)19-21-33(36)40(32)34-16-8-9-17-37(34)67(58,59)55-68(60,61)45(49,50)44(47,48)46(51,52)69(62,63)66-39(57)23-22-38(56)65-43(5,6)7/h8-21,24-25H,22-23H2,1-7H3,(H,53,54)/q-1/p+1. The summed E-state index contributed by atoms with van der Waals surface area (Å²) in [5.74, 6) is -11.0. The molecule has 1 aliphatic heterocycles. The van der Waals surface area contributed by atoms with Crippen molar-refractivity contribution in [2.24, 2.45) is 0 Å². The molecule has 0 amide bonds. The van der Waals surface area contributed by atoms with Crippen molar-refractivity contribution in [3.8, 4) is 22.5 Å². The number of benzene rings is 5. The number of nitrogens with zero attached hydrogens (tertiary/aromatic N) is 1. The van der Waals surface area contributed by atoms with Crippen molar-refractivity contribution in [2.45, 2.75) is 88.2 Å². The smallest absolute Gasteiger partial charge is 0.450 e. The molecular formula is C46H43F6N3O11S3. The van der Waals surface area contributed by atoms with Crippen molar-refractivity contribution in [3.63, 3.8) is 0 Å². The van der Waals surface area contributed by atoms with Crippen LogP contribution in [0.1, 0.15) is 55.9 Å². The van der Waals surface area contributed by atoms with Crippen LogP contribution in [0.15, 0.2) is 106 Å². The first-order valence-electron chi connectivity index (χ1n) is 20.5. The number of aryl methyl sites for hydroxylation is 4. The van der Waals surface area contributed by atoms with E-state index in [-0.39, 0.29) is 27.9 Å². The van der Waals surface area contributed by atoms with Crippen LogP contribution >= 0.6 is 0 Å². The molecule has 0 saturated carbocycles. The number of halogens is 6. The third-order valence-corrected chi connectivity index (χ3v) is 15.1. The Labute approximate surface area is 392 Å². The molecule has 4 aromatic rings. The van der Waals surface area contributed by atoms with Crippen molar-refractivity contribution in [1.82, 2.24) is 0 Å². The number of fused-ring (bicyclic) bond motifs is 2. The van der Waals surface area contributed by atoms with E-state index in [1.807, 2.05) is 64.1 Å². The Morgan fingerprint density at radius 1 is 0.681 bits per heavy atom. The van der Waals surface area contributed by atoms with Crippen LogP contribution in [0.3, 0.4) is 0 Å². The molecular weight excluding hydrogens is 981 g/mol. The predicted octanol–water partition coefficient (Wildman–Crippen LogP) is 8.70. The van der Waals surface area contributed by atoms with Crippen molar-refractivity contribution in [3.05, 3.63) is 129 Å². The number of para-hydroxylation sites is 2. The summed E-state index contributed by atoms with van der Waals surface area (Å²) >= 11 is 0. The molecule has 1 heterocycles. The lowest BCUT2D eigenvalue weighted by atomic mass is 9.93. The Morgan fingerprint density at radius 2 is 1.26 bits per heavy atom. The number of anilines is 2. The molecule has 0 spiro atoms. The van der Waals surface area contributed by atoms with Gasteiger partial charge in [0.2, 0.25) is 11.0 Å². The van der Waals surface area contributed by atoms with Gasteiger partial charge in [0.25, 0.3) is 0 Å². The molecule has 2 N–H and O–H groups in total. The van der Waals surface area contributed by atoms with Crippen molar-refractivity contribution in [1.29, 1.82) is 0 Å². The van der Waals surface area contributed by atoms with Gasteiger partial charge in [0.1, 0.15) is 27.0 Å². The van der Waals surface area contributed by atoms with E-state index in [0.717, 1.165) is 45.8 Å². The zero-order valence-electron chi connectivity index (χ0n) is 37.6. The zero-order chi connectivity index (χ0) is 51.3. The number of nitrogens with one attached hydrogen (secondary N) is 2. The Balaban J connectivity index is 1.43. The van der Waals surface area contributed by atoms with Crippen LogP contribution in [-0.4, -0.2) is 59.2 Å². The maximum absolute atomic E-state index is 15.5. The lowest BCUT2D eigenvalue weighted by Gasteiger charge is -2.35. The molecule has 0 fully saturated rings. The SMILES string of the molecule is Cc1cccc(C)c1Nc1ccc2c(-c3ccccc3S(=O)(=O)[N-]S(=O)(=O)C(F)(F)C(F)(F)C(F)(F)S(=O)(=O)OC(=O)CCC(=O)OC(C)(C)C)c3ccc(=[NH+]c4c(C)cccc4C)cc-3oc2c1. The predicted molar refractivity (Wildman–Crippen MR) is 242 cm³/mol. The van der Waals surface area contributed by atoms with Crippen LogP contribution in [0.25, 0.3) is 37.5 Å². The van der Waals surface area contributed by atoms with Gasteiger partial charge in [-0.15, -0.1) is 0 Å². The van der Waals surface area contributed by atoms with E-state index in [9.17, 15) is 34.8 Å². The molecule has 0 atom stereocenters. The highest BCUT2D eigenvalue weighted by molar-refractivity contribution is 8.12. The van der Waals surface area contributed by atoms with E-state index >= 15 is 26.3 Å². The van der Waals surface area contributed by atoms with Crippen molar-refractivity contribution < 1.29 is 79.5 Å². The topological polar surface area (TPSA) is 208 Å². The maximum atomic E-state index is 15.5. The second-order valence-electron chi connectivity index (χ2n) is 16.8. The summed E-state index contributed by atoms with van der Waals surface area (Å²) in [4.78, 5) is 26.0. The second-order valence-corrected chi connectivity index (χ2v) is 21.8. The first-order valence-corrected chi connectivity index (χ1v) is 24.7. The molecule has 23 heteroatoms. The fraction of sp³-hybridized carbons (Fsp3) is 0.283. The molecule has 368 valence electrons. The third kappa shape index (κ3) is 10.4. The van der Waals surface area contributed by atoms with E-state index < -0.39 is 87.4 Å². The van der Waals surface area contributed by atoms with Gasteiger partial charge in [-0.2, -0.15) is 34.8 Å². The molecule has 6 rings (SSSR count). The highest BCUT2D eigenvalue weighted by Crippen LogP contribution is 2.53. The number of ether oxygens (including phenoxy) is 1. The van der Waals surface area contributed by atoms with Gasteiger partial charge in [-0.25, -0.2) is 21.8 Å². The van der Waals surface area contributed by atoms with Crippen LogP contribution in [0, 0.1) is 27.7 Å². The first kappa shape index (κ1) is 52.1. The number of alkyl halides is 6. The number of hydrogen-bond acceptors (Lipinski definition) is 12. The van der Waals surface area contributed by atoms with Gasteiger partial charge >= 0.3 is 38.5 Å². The van der Waals surface area contributed by atoms with Gasteiger partial charge in [0.05, 0.1) is 23.8 Å². The normalized spacial score (nSPS) is 13.4. The second kappa shape index (κ2) is 18.6. The Hall–Kier alpha value is -6.30. The minimum absolute atomic E-state index is 0.0292. The van der Waals surface area contributed by atoms with Gasteiger partial charge in [0, 0.05) is 56.7 Å². The Bertz CT molecular complexity index is 3370. The molecule has 14 nitrogen and oxygen atoms in total. The number of hydrogen-bond donors (Lipinski definition) is 2. The highest BCUT2D eigenvalue weighted by Gasteiger charge is 2.81. The molecule has 0 bridgehead atoms. The van der Waals surface area contributed by atoms with Gasteiger partial charge in [-0.3, -0.25) is 9.59 Å². The summed E-state index contributed by atoms with van der Waals surface area (Å²) in [6.07, 6.45) is -2.44. The summed E-state index contributed by atoms with van der Waals surface area (Å²) < 4.78 is 187. The summed E-state index contributed by atoms with van der Waals surface area (Å²) in [5.41, 5.74) is 4.16. The summed E-state index contributed by atoms with van der Waals surface area (Å²) in [6, 6.07) is 24.6. The van der Waals surface area contributed by atoms with Crippen LogP contribution < -0.4 is 15.7 Å². The van der Waals surface area contributed by atoms with Crippen LogP contribution in [0.2, 0.25) is 0 Å². The van der Waals surface area contributed by atoms with Crippen LogP contribution in [0.5, 0.6) is 0 Å². The lowest BCUT2D eigenvalue weighted by molar-refractivity contribution is -0.403. The van der Waals surface area contributed by atoms with Gasteiger partial charge < -0.3 is 22.8 Å². The fourth-order valence-electron chi connectivity index (χ4n) is 7.06. The highest BCUT2D eigenvalue weighted by atomic mass is 32.3. The average molecular weight is 1020 g/mol. The summed E-state index contributed by atoms with van der Waals surface area (Å²) in [6.45, 7) is 11.6. The van der Waals surface area contributed by atoms with Gasteiger partial charge in [0.15, 0.2) is 10.0 Å². The zero-order valence-corrected chi connectivity index (χ0v) is 40.0. The number of esters is 1. The van der Waals surface area contributed by atoms with Crippen molar-refractivity contribution >= 4 is 70.1 Å². The maximum Gasteiger partial charge on any atom is 0.450 e. The Kier molecular flexibility index (Phi) is 14.0. The number of rotatable bonds is 15. The number of carbonyl (C=O) groups is 2. The van der Waals surface area contributed by atoms with Gasteiger partial charge in [-0.1, -0.05) is 54.6 Å². The summed E-state index contributed by atoms with van der Waals surface area (Å²) in [5, 5.41) is -10.6.